The van der Waals surface area contributed by atoms with E-state index < -0.39 is 0 Å². The van der Waals surface area contributed by atoms with Gasteiger partial charge in [-0.1, -0.05) is 71.6 Å². The van der Waals surface area contributed by atoms with E-state index >= 15 is 0 Å². The number of carbonyl (C=O) groups excluding carboxylic acids is 2. The largest absolute Gasteiger partial charge is 0.368 e. The molecule has 1 saturated carbocycles. The van der Waals surface area contributed by atoms with Gasteiger partial charge in [0.05, 0.1) is 5.56 Å². The van der Waals surface area contributed by atoms with Crippen molar-refractivity contribution in [2.24, 2.45) is 0 Å². The highest BCUT2D eigenvalue weighted by atomic mass is 79.9. The fourth-order valence-corrected chi connectivity index (χ4v) is 5.80. The molecule has 3 aromatic rings. The van der Waals surface area contributed by atoms with Crippen LogP contribution in [0.1, 0.15) is 58.4 Å². The van der Waals surface area contributed by atoms with Crippen molar-refractivity contribution in [1.29, 1.82) is 0 Å². The molecule has 38 heavy (non-hydrogen) atoms. The molecule has 0 bridgehead atoms. The van der Waals surface area contributed by atoms with Crippen LogP contribution in [0.15, 0.2) is 77.3 Å². The van der Waals surface area contributed by atoms with Crippen molar-refractivity contribution in [3.05, 3.63) is 94.0 Å². The Morgan fingerprint density at radius 1 is 0.816 bits per heavy atom. The standard InChI is InChI=1S/C31H35BrN4O2/c32-25-11-7-10-24(20-25)30(37)34-27-14-15-29(28(21-27)31(38)33-26-12-5-2-6-13-26)36-18-16-35(17-19-36)22-23-8-3-1-4-9-23/h1,3-4,7-11,14-15,20-21,26H,2,5-6,12-13,16-19,22H2,(H,33,38)(H,34,37). The van der Waals surface area contributed by atoms with Crippen molar-refractivity contribution in [1.82, 2.24) is 10.2 Å². The second kappa shape index (κ2) is 12.6. The Kier molecular flexibility index (Phi) is 8.76. The summed E-state index contributed by atoms with van der Waals surface area (Å²) < 4.78 is 0.847. The van der Waals surface area contributed by atoms with Gasteiger partial charge < -0.3 is 15.5 Å². The van der Waals surface area contributed by atoms with Crippen molar-refractivity contribution in [3.63, 3.8) is 0 Å². The van der Waals surface area contributed by atoms with Crippen molar-refractivity contribution in [2.45, 2.75) is 44.7 Å². The quantitative estimate of drug-likeness (QED) is 0.358. The number of carbonyl (C=O) groups is 2. The van der Waals surface area contributed by atoms with Crippen LogP contribution in [0.4, 0.5) is 11.4 Å². The highest BCUT2D eigenvalue weighted by molar-refractivity contribution is 9.10. The zero-order valence-corrected chi connectivity index (χ0v) is 23.3. The zero-order valence-electron chi connectivity index (χ0n) is 21.7. The summed E-state index contributed by atoms with van der Waals surface area (Å²) in [5.41, 5.74) is 4.05. The Balaban J connectivity index is 1.33. The van der Waals surface area contributed by atoms with Crippen molar-refractivity contribution in [3.8, 4) is 0 Å². The number of hydrogen-bond donors (Lipinski definition) is 2. The lowest BCUT2D eigenvalue weighted by molar-refractivity contribution is 0.0927. The van der Waals surface area contributed by atoms with Gasteiger partial charge in [-0.15, -0.1) is 0 Å². The molecular formula is C31H35BrN4O2. The van der Waals surface area contributed by atoms with Gasteiger partial charge in [0, 0.05) is 60.2 Å². The smallest absolute Gasteiger partial charge is 0.255 e. The maximum absolute atomic E-state index is 13.6. The summed E-state index contributed by atoms with van der Waals surface area (Å²) in [5, 5.41) is 6.26. The van der Waals surface area contributed by atoms with Gasteiger partial charge in [-0.2, -0.15) is 0 Å². The molecule has 2 N–H and O–H groups in total. The Hall–Kier alpha value is -3.16. The first-order valence-corrected chi connectivity index (χ1v) is 14.4. The summed E-state index contributed by atoms with van der Waals surface area (Å²) in [6, 6.07) is 23.8. The molecule has 0 radical (unpaired) electrons. The van der Waals surface area contributed by atoms with Gasteiger partial charge >= 0.3 is 0 Å². The van der Waals surface area contributed by atoms with Gasteiger partial charge in [-0.05, 0) is 54.8 Å². The summed E-state index contributed by atoms with van der Waals surface area (Å²) in [4.78, 5) is 31.2. The topological polar surface area (TPSA) is 64.7 Å². The number of anilines is 2. The predicted molar refractivity (Wildman–Crippen MR) is 157 cm³/mol. The molecule has 2 fully saturated rings. The minimum Gasteiger partial charge on any atom is -0.368 e. The monoisotopic (exact) mass is 574 g/mol. The maximum atomic E-state index is 13.6. The van der Waals surface area contributed by atoms with Crippen LogP contribution in [-0.4, -0.2) is 48.9 Å². The molecule has 1 aliphatic carbocycles. The first-order chi connectivity index (χ1) is 18.5. The normalized spacial score (nSPS) is 16.7. The molecule has 0 aromatic heterocycles. The van der Waals surface area contributed by atoms with Crippen LogP contribution in [0.5, 0.6) is 0 Å². The maximum Gasteiger partial charge on any atom is 0.255 e. The highest BCUT2D eigenvalue weighted by Crippen LogP contribution is 2.28. The van der Waals surface area contributed by atoms with Crippen LogP contribution >= 0.6 is 15.9 Å². The summed E-state index contributed by atoms with van der Waals surface area (Å²) >= 11 is 3.43. The van der Waals surface area contributed by atoms with Crippen LogP contribution in [0.25, 0.3) is 0 Å². The first kappa shape index (κ1) is 26.4. The van der Waals surface area contributed by atoms with E-state index in [9.17, 15) is 9.59 Å². The van der Waals surface area contributed by atoms with Gasteiger partial charge in [-0.25, -0.2) is 0 Å². The first-order valence-electron chi connectivity index (χ1n) is 13.6. The minimum absolute atomic E-state index is 0.0582. The lowest BCUT2D eigenvalue weighted by Crippen LogP contribution is -2.46. The number of piperazine rings is 1. The van der Waals surface area contributed by atoms with Crippen LogP contribution in [0, 0.1) is 0 Å². The highest BCUT2D eigenvalue weighted by Gasteiger charge is 2.24. The number of rotatable bonds is 7. The molecule has 1 heterocycles. The molecule has 0 unspecified atom stereocenters. The van der Waals surface area contributed by atoms with Crippen molar-refractivity contribution >= 4 is 39.1 Å². The molecule has 2 amide bonds. The van der Waals surface area contributed by atoms with Gasteiger partial charge in [0.1, 0.15) is 0 Å². The van der Waals surface area contributed by atoms with E-state index in [-0.39, 0.29) is 17.9 Å². The van der Waals surface area contributed by atoms with Gasteiger partial charge in [0.25, 0.3) is 11.8 Å². The lowest BCUT2D eigenvalue weighted by Gasteiger charge is -2.37. The number of hydrogen-bond acceptors (Lipinski definition) is 4. The molecule has 198 valence electrons. The SMILES string of the molecule is O=C(Nc1ccc(N2CCN(Cc3ccccc3)CC2)c(C(=O)NC2CCCCC2)c1)c1cccc(Br)c1. The van der Waals surface area contributed by atoms with Crippen LogP contribution in [0.2, 0.25) is 0 Å². The summed E-state index contributed by atoms with van der Waals surface area (Å²) in [6.07, 6.45) is 5.60. The number of nitrogens with zero attached hydrogens (tertiary/aromatic N) is 2. The fraction of sp³-hybridized carbons (Fsp3) is 0.355. The molecule has 1 aliphatic heterocycles. The summed E-state index contributed by atoms with van der Waals surface area (Å²) in [6.45, 7) is 4.49. The second-order valence-corrected chi connectivity index (χ2v) is 11.2. The van der Waals surface area contributed by atoms with Crippen molar-refractivity contribution < 1.29 is 9.59 Å². The average Bonchev–Trinajstić information content (AvgIpc) is 2.94. The van der Waals surface area contributed by atoms with Crippen LogP contribution in [0.3, 0.4) is 0 Å². The number of nitrogens with one attached hydrogen (secondary N) is 2. The van der Waals surface area contributed by atoms with E-state index in [0.717, 1.165) is 68.6 Å². The van der Waals surface area contributed by atoms with Crippen LogP contribution < -0.4 is 15.5 Å². The second-order valence-electron chi connectivity index (χ2n) is 10.3. The molecule has 1 saturated heterocycles. The molecule has 3 aromatic carbocycles. The number of halogens is 1. The summed E-state index contributed by atoms with van der Waals surface area (Å²) in [7, 11) is 0. The Morgan fingerprint density at radius 3 is 2.32 bits per heavy atom. The molecule has 7 heteroatoms. The molecule has 6 nitrogen and oxygen atoms in total. The van der Waals surface area contributed by atoms with Gasteiger partial charge in [-0.3, -0.25) is 14.5 Å². The van der Waals surface area contributed by atoms with Crippen LogP contribution in [-0.2, 0) is 6.54 Å². The fourth-order valence-electron chi connectivity index (χ4n) is 5.40. The van der Waals surface area contributed by atoms with Gasteiger partial charge in [0.2, 0.25) is 0 Å². The molecule has 0 atom stereocenters. The Morgan fingerprint density at radius 2 is 1.58 bits per heavy atom. The Labute approximate surface area is 233 Å². The number of amides is 2. The molecule has 2 aliphatic rings. The van der Waals surface area contributed by atoms with E-state index in [1.165, 1.54) is 12.0 Å². The van der Waals surface area contributed by atoms with Gasteiger partial charge in [0.15, 0.2) is 0 Å². The van der Waals surface area contributed by atoms with E-state index in [1.54, 1.807) is 12.1 Å². The predicted octanol–water partition coefficient (Wildman–Crippen LogP) is 6.09. The number of benzene rings is 3. The van der Waals surface area contributed by atoms with E-state index in [1.807, 2.05) is 36.4 Å². The third kappa shape index (κ3) is 6.83. The molecular weight excluding hydrogens is 540 g/mol. The molecule has 5 rings (SSSR count). The van der Waals surface area contributed by atoms with Crippen molar-refractivity contribution in [2.75, 3.05) is 36.4 Å². The summed E-state index contributed by atoms with van der Waals surface area (Å²) in [5.74, 6) is -0.260. The molecule has 0 spiro atoms. The van der Waals surface area contributed by atoms with E-state index in [2.05, 4.69) is 60.6 Å². The Bertz CT molecular complexity index is 1250. The third-order valence-electron chi connectivity index (χ3n) is 7.49. The lowest BCUT2D eigenvalue weighted by atomic mass is 9.95. The third-order valence-corrected chi connectivity index (χ3v) is 7.98. The average molecular weight is 576 g/mol. The van der Waals surface area contributed by atoms with E-state index in [0.29, 0.717) is 16.8 Å². The van der Waals surface area contributed by atoms with E-state index in [4.69, 9.17) is 0 Å². The zero-order chi connectivity index (χ0) is 26.3. The minimum atomic E-state index is -0.202.